The number of hydrogen-bond acceptors (Lipinski definition) is 3. The molecule has 1 aromatic carbocycles. The van der Waals surface area contributed by atoms with Crippen molar-refractivity contribution in [2.75, 3.05) is 7.05 Å². The third-order valence-electron chi connectivity index (χ3n) is 3.62. The van der Waals surface area contributed by atoms with E-state index in [-0.39, 0.29) is 17.7 Å². The van der Waals surface area contributed by atoms with Gasteiger partial charge in [-0.05, 0) is 30.2 Å². The third-order valence-corrected chi connectivity index (χ3v) is 3.62. The Morgan fingerprint density at radius 2 is 2.16 bits per heavy atom. The zero-order valence-electron chi connectivity index (χ0n) is 10.7. The van der Waals surface area contributed by atoms with Gasteiger partial charge in [0.25, 0.3) is 0 Å². The molecule has 1 aliphatic rings. The Hall–Kier alpha value is -2.23. The Labute approximate surface area is 111 Å². The van der Waals surface area contributed by atoms with Crippen LogP contribution in [-0.4, -0.2) is 28.7 Å². The number of imide groups is 1. The van der Waals surface area contributed by atoms with E-state index in [1.165, 1.54) is 4.90 Å². The molecule has 2 amide bonds. The molecule has 1 unspecified atom stereocenters. The summed E-state index contributed by atoms with van der Waals surface area (Å²) in [5, 5.41) is 1.06. The second-order valence-electron chi connectivity index (χ2n) is 4.93. The Morgan fingerprint density at radius 3 is 2.89 bits per heavy atom. The quantitative estimate of drug-likeness (QED) is 0.768. The standard InChI is InChI=1S/C15H14N2O2/c1-17-14(18)9-12(15(17)19)8-10-4-5-13-11(7-10)3-2-6-16-13/h2-7,12H,8-9H2,1H3. The molecule has 0 radical (unpaired) electrons. The topological polar surface area (TPSA) is 50.3 Å². The SMILES string of the molecule is CN1C(=O)CC(Cc2ccc3ncccc3c2)C1=O. The molecule has 2 heterocycles. The van der Waals surface area contributed by atoms with Crippen LogP contribution in [-0.2, 0) is 16.0 Å². The van der Waals surface area contributed by atoms with Gasteiger partial charge in [-0.15, -0.1) is 0 Å². The third kappa shape index (κ3) is 2.10. The molecule has 2 aromatic rings. The molecule has 0 N–H and O–H groups in total. The van der Waals surface area contributed by atoms with Gasteiger partial charge in [-0.2, -0.15) is 0 Å². The van der Waals surface area contributed by atoms with Crippen LogP contribution in [0.4, 0.5) is 0 Å². The van der Waals surface area contributed by atoms with Crippen molar-refractivity contribution in [2.45, 2.75) is 12.8 Å². The Balaban J connectivity index is 1.86. The van der Waals surface area contributed by atoms with Crippen molar-refractivity contribution in [2.24, 2.45) is 5.92 Å². The zero-order valence-corrected chi connectivity index (χ0v) is 10.7. The van der Waals surface area contributed by atoms with E-state index >= 15 is 0 Å². The zero-order chi connectivity index (χ0) is 13.4. The highest BCUT2D eigenvalue weighted by atomic mass is 16.2. The predicted molar refractivity (Wildman–Crippen MR) is 71.3 cm³/mol. The minimum absolute atomic E-state index is 0.0729. The number of carbonyl (C=O) groups excluding carboxylic acids is 2. The van der Waals surface area contributed by atoms with Crippen LogP contribution in [0.15, 0.2) is 36.5 Å². The number of nitrogens with zero attached hydrogens (tertiary/aromatic N) is 2. The van der Waals surface area contributed by atoms with Gasteiger partial charge in [0.1, 0.15) is 0 Å². The molecule has 4 nitrogen and oxygen atoms in total. The Bertz CT molecular complexity index is 666. The summed E-state index contributed by atoms with van der Waals surface area (Å²) < 4.78 is 0. The van der Waals surface area contributed by atoms with E-state index in [0.717, 1.165) is 16.5 Å². The first-order valence-electron chi connectivity index (χ1n) is 6.29. The maximum atomic E-state index is 11.9. The molecular weight excluding hydrogens is 240 g/mol. The fourth-order valence-corrected chi connectivity index (χ4v) is 2.53. The average Bonchev–Trinajstić information content (AvgIpc) is 2.66. The van der Waals surface area contributed by atoms with Crippen molar-refractivity contribution in [3.8, 4) is 0 Å². The molecule has 19 heavy (non-hydrogen) atoms. The Morgan fingerprint density at radius 1 is 1.32 bits per heavy atom. The van der Waals surface area contributed by atoms with Gasteiger partial charge in [0.15, 0.2) is 0 Å². The molecule has 0 spiro atoms. The second kappa shape index (κ2) is 4.46. The molecule has 1 aromatic heterocycles. The first-order valence-corrected chi connectivity index (χ1v) is 6.29. The lowest BCUT2D eigenvalue weighted by molar-refractivity contribution is -0.137. The molecular formula is C15H14N2O2. The summed E-state index contributed by atoms with van der Waals surface area (Å²) in [7, 11) is 1.55. The summed E-state index contributed by atoms with van der Waals surface area (Å²) in [6.07, 6.45) is 2.69. The minimum atomic E-state index is -0.216. The van der Waals surface area contributed by atoms with E-state index in [2.05, 4.69) is 4.98 Å². The van der Waals surface area contributed by atoms with Gasteiger partial charge < -0.3 is 0 Å². The molecule has 1 atom stereocenters. The highest BCUT2D eigenvalue weighted by Crippen LogP contribution is 2.23. The minimum Gasteiger partial charge on any atom is -0.285 e. The summed E-state index contributed by atoms with van der Waals surface area (Å²) in [6.45, 7) is 0. The fourth-order valence-electron chi connectivity index (χ4n) is 2.53. The predicted octanol–water partition coefficient (Wildman–Crippen LogP) is 1.78. The molecule has 1 saturated heterocycles. The van der Waals surface area contributed by atoms with Gasteiger partial charge in [0.05, 0.1) is 11.4 Å². The normalized spacial score (nSPS) is 19.4. The maximum Gasteiger partial charge on any atom is 0.232 e. The van der Waals surface area contributed by atoms with Crippen molar-refractivity contribution in [1.82, 2.24) is 9.88 Å². The highest BCUT2D eigenvalue weighted by Gasteiger charge is 2.35. The molecule has 4 heteroatoms. The van der Waals surface area contributed by atoms with Crippen LogP contribution in [0.3, 0.4) is 0 Å². The van der Waals surface area contributed by atoms with Gasteiger partial charge in [-0.1, -0.05) is 12.1 Å². The number of amides is 2. The fraction of sp³-hybridized carbons (Fsp3) is 0.267. The first-order chi connectivity index (χ1) is 9.15. The molecule has 3 rings (SSSR count). The van der Waals surface area contributed by atoms with Crippen molar-refractivity contribution < 1.29 is 9.59 Å². The van der Waals surface area contributed by atoms with Gasteiger partial charge >= 0.3 is 0 Å². The van der Waals surface area contributed by atoms with Crippen molar-refractivity contribution in [3.63, 3.8) is 0 Å². The van der Waals surface area contributed by atoms with Crippen LogP contribution in [0, 0.1) is 5.92 Å². The lowest BCUT2D eigenvalue weighted by atomic mass is 9.97. The van der Waals surface area contributed by atoms with E-state index in [4.69, 9.17) is 0 Å². The van der Waals surface area contributed by atoms with E-state index in [1.54, 1.807) is 13.2 Å². The smallest absolute Gasteiger partial charge is 0.232 e. The van der Waals surface area contributed by atoms with E-state index in [1.807, 2.05) is 30.3 Å². The van der Waals surface area contributed by atoms with Crippen LogP contribution >= 0.6 is 0 Å². The van der Waals surface area contributed by atoms with Gasteiger partial charge in [0.2, 0.25) is 11.8 Å². The summed E-state index contributed by atoms with van der Waals surface area (Å²) in [5.74, 6) is -0.375. The van der Waals surface area contributed by atoms with Crippen molar-refractivity contribution >= 4 is 22.7 Å². The van der Waals surface area contributed by atoms with Gasteiger partial charge in [0, 0.05) is 25.1 Å². The van der Waals surface area contributed by atoms with E-state index in [9.17, 15) is 9.59 Å². The summed E-state index contributed by atoms with van der Waals surface area (Å²) >= 11 is 0. The van der Waals surface area contributed by atoms with Crippen LogP contribution in [0.2, 0.25) is 0 Å². The second-order valence-corrected chi connectivity index (χ2v) is 4.93. The highest BCUT2D eigenvalue weighted by molar-refractivity contribution is 6.03. The van der Waals surface area contributed by atoms with Gasteiger partial charge in [-0.3, -0.25) is 19.5 Å². The molecule has 0 aliphatic carbocycles. The summed E-state index contributed by atoms with van der Waals surface area (Å²) in [4.78, 5) is 28.9. The monoisotopic (exact) mass is 254 g/mol. The molecule has 0 saturated carbocycles. The van der Waals surface area contributed by atoms with Crippen LogP contribution < -0.4 is 0 Å². The lowest BCUT2D eigenvalue weighted by Gasteiger charge is -2.09. The number of aromatic nitrogens is 1. The summed E-state index contributed by atoms with van der Waals surface area (Å²) in [5.41, 5.74) is 2.01. The van der Waals surface area contributed by atoms with E-state index < -0.39 is 0 Å². The number of fused-ring (bicyclic) bond motifs is 1. The van der Waals surface area contributed by atoms with Gasteiger partial charge in [-0.25, -0.2) is 0 Å². The van der Waals surface area contributed by atoms with Crippen molar-refractivity contribution in [1.29, 1.82) is 0 Å². The first kappa shape index (κ1) is 11.8. The Kier molecular flexibility index (Phi) is 2.78. The molecule has 0 bridgehead atoms. The number of hydrogen-bond donors (Lipinski definition) is 0. The molecule has 1 aliphatic heterocycles. The van der Waals surface area contributed by atoms with Crippen molar-refractivity contribution in [3.05, 3.63) is 42.1 Å². The summed E-state index contributed by atoms with van der Waals surface area (Å²) in [6, 6.07) is 9.86. The van der Waals surface area contributed by atoms with Crippen LogP contribution in [0.5, 0.6) is 0 Å². The number of rotatable bonds is 2. The van der Waals surface area contributed by atoms with Crippen LogP contribution in [0.25, 0.3) is 10.9 Å². The van der Waals surface area contributed by atoms with E-state index in [0.29, 0.717) is 12.8 Å². The number of benzene rings is 1. The number of carbonyl (C=O) groups is 2. The lowest BCUT2D eigenvalue weighted by Crippen LogP contribution is -2.26. The molecule has 96 valence electrons. The number of likely N-dealkylation sites (tertiary alicyclic amines) is 1. The largest absolute Gasteiger partial charge is 0.285 e. The number of pyridine rings is 1. The molecule has 1 fully saturated rings. The maximum absolute atomic E-state index is 11.9. The van der Waals surface area contributed by atoms with Crippen LogP contribution in [0.1, 0.15) is 12.0 Å². The average molecular weight is 254 g/mol.